The number of nitrogens with zero attached hydrogens (tertiary/aromatic N) is 2. The van der Waals surface area contributed by atoms with Gasteiger partial charge in [0.25, 0.3) is 0 Å². The molecule has 7 heteroatoms. The average Bonchev–Trinajstić information content (AvgIpc) is 2.61. The minimum Gasteiger partial charge on any atom is -0.377 e. The first-order valence-corrected chi connectivity index (χ1v) is 9.01. The van der Waals surface area contributed by atoms with E-state index in [4.69, 9.17) is 10.5 Å². The molecule has 0 saturated carbocycles. The van der Waals surface area contributed by atoms with Crippen LogP contribution in [0.15, 0.2) is 29.3 Å². The fourth-order valence-corrected chi connectivity index (χ4v) is 3.20. The summed E-state index contributed by atoms with van der Waals surface area (Å²) < 4.78 is 5.42. The summed E-state index contributed by atoms with van der Waals surface area (Å²) in [6.07, 6.45) is 2.57. The van der Waals surface area contributed by atoms with Crippen molar-refractivity contribution in [2.45, 2.75) is 39.3 Å². The van der Waals surface area contributed by atoms with Gasteiger partial charge in [-0.2, -0.15) is 0 Å². The van der Waals surface area contributed by atoms with Crippen LogP contribution < -0.4 is 11.1 Å². The number of benzene rings is 1. The van der Waals surface area contributed by atoms with Crippen molar-refractivity contribution in [3.63, 3.8) is 0 Å². The molecule has 1 aromatic carbocycles. The highest BCUT2D eigenvalue weighted by atomic mass is 127. The Morgan fingerprint density at radius 1 is 1.35 bits per heavy atom. The predicted molar refractivity (Wildman–Crippen MR) is 115 cm³/mol. The Morgan fingerprint density at radius 2 is 2.04 bits per heavy atom. The number of aliphatic imine (C=N–C) groups is 1. The molecule has 0 radical (unpaired) electrons. The van der Waals surface area contributed by atoms with Gasteiger partial charge in [0.2, 0.25) is 5.91 Å². The molecular formula is C19H31IN4O2. The summed E-state index contributed by atoms with van der Waals surface area (Å²) in [6, 6.07) is 8.42. The van der Waals surface area contributed by atoms with Crippen LogP contribution in [-0.2, 0) is 22.7 Å². The Kier molecular flexibility index (Phi) is 10.6. The molecule has 1 unspecified atom stereocenters. The Hall–Kier alpha value is -1.35. The summed E-state index contributed by atoms with van der Waals surface area (Å²) in [5.41, 5.74) is 7.72. The second-order valence-corrected chi connectivity index (χ2v) is 6.48. The Morgan fingerprint density at radius 3 is 2.65 bits per heavy atom. The van der Waals surface area contributed by atoms with Crippen molar-refractivity contribution in [3.05, 3.63) is 35.4 Å². The van der Waals surface area contributed by atoms with Gasteiger partial charge in [-0.15, -0.1) is 24.0 Å². The quantitative estimate of drug-likeness (QED) is 0.362. The Bertz CT molecular complexity index is 577. The molecule has 6 nitrogen and oxygen atoms in total. The second-order valence-electron chi connectivity index (χ2n) is 6.48. The number of carbonyl (C=O) groups is 1. The van der Waals surface area contributed by atoms with Crippen LogP contribution >= 0.6 is 24.0 Å². The molecule has 1 atom stereocenters. The number of likely N-dealkylation sites (tertiary alicyclic amines) is 1. The third-order valence-corrected chi connectivity index (χ3v) is 4.47. The monoisotopic (exact) mass is 474 g/mol. The molecule has 1 heterocycles. The molecule has 0 aliphatic carbocycles. The Labute approximate surface area is 173 Å². The van der Waals surface area contributed by atoms with E-state index in [0.717, 1.165) is 45.0 Å². The van der Waals surface area contributed by atoms with Gasteiger partial charge in [-0.1, -0.05) is 24.3 Å². The molecule has 1 fully saturated rings. The predicted octanol–water partition coefficient (Wildman–Crippen LogP) is 2.50. The Balaban J connectivity index is 0.00000338. The highest BCUT2D eigenvalue weighted by molar-refractivity contribution is 14.0. The topological polar surface area (TPSA) is 79.9 Å². The van der Waals surface area contributed by atoms with Crippen LogP contribution in [0.4, 0.5) is 0 Å². The number of hydrogen-bond donors (Lipinski definition) is 2. The molecule has 1 aromatic rings. The van der Waals surface area contributed by atoms with E-state index in [-0.39, 0.29) is 29.9 Å². The van der Waals surface area contributed by atoms with E-state index in [1.54, 1.807) is 7.05 Å². The maximum atomic E-state index is 11.2. The fraction of sp³-hybridized carbons (Fsp3) is 0.579. The van der Waals surface area contributed by atoms with E-state index in [0.29, 0.717) is 18.9 Å². The highest BCUT2D eigenvalue weighted by Gasteiger charge is 2.23. The molecule has 0 aromatic heterocycles. The minimum absolute atomic E-state index is 0. The van der Waals surface area contributed by atoms with Gasteiger partial charge in [0.05, 0.1) is 6.61 Å². The van der Waals surface area contributed by atoms with Crippen LogP contribution in [0.5, 0.6) is 0 Å². The number of carbonyl (C=O) groups excluding carboxylic acids is 1. The van der Waals surface area contributed by atoms with Crippen LogP contribution in [0.1, 0.15) is 37.3 Å². The molecule has 26 heavy (non-hydrogen) atoms. The average molecular weight is 474 g/mol. The number of guanidine groups is 1. The number of nitrogens with one attached hydrogen (secondary N) is 1. The van der Waals surface area contributed by atoms with Gasteiger partial charge < -0.3 is 20.7 Å². The number of primary amides is 1. The van der Waals surface area contributed by atoms with Crippen LogP contribution in [0.25, 0.3) is 0 Å². The lowest BCUT2D eigenvalue weighted by Crippen LogP contribution is -2.46. The molecule has 0 bridgehead atoms. The number of piperidine rings is 1. The van der Waals surface area contributed by atoms with Gasteiger partial charge >= 0.3 is 0 Å². The molecular weight excluding hydrogens is 443 g/mol. The van der Waals surface area contributed by atoms with Crippen LogP contribution in [0.3, 0.4) is 0 Å². The third kappa shape index (κ3) is 7.49. The number of rotatable bonds is 7. The van der Waals surface area contributed by atoms with Crippen molar-refractivity contribution < 1.29 is 9.53 Å². The largest absolute Gasteiger partial charge is 0.377 e. The summed E-state index contributed by atoms with van der Waals surface area (Å²) in [5, 5.41) is 3.42. The van der Waals surface area contributed by atoms with E-state index in [9.17, 15) is 4.79 Å². The molecule has 3 N–H and O–H groups in total. The maximum Gasteiger partial charge on any atom is 0.217 e. The smallest absolute Gasteiger partial charge is 0.217 e. The van der Waals surface area contributed by atoms with E-state index in [1.165, 1.54) is 11.1 Å². The zero-order valence-corrected chi connectivity index (χ0v) is 18.1. The highest BCUT2D eigenvalue weighted by Crippen LogP contribution is 2.19. The van der Waals surface area contributed by atoms with Crippen molar-refractivity contribution in [1.82, 2.24) is 10.2 Å². The van der Waals surface area contributed by atoms with Crippen molar-refractivity contribution in [3.8, 4) is 0 Å². The first-order chi connectivity index (χ1) is 12.1. The summed E-state index contributed by atoms with van der Waals surface area (Å²) in [5.74, 6) is 0.983. The van der Waals surface area contributed by atoms with Crippen molar-refractivity contribution in [1.29, 1.82) is 0 Å². The lowest BCUT2D eigenvalue weighted by atomic mass is 9.95. The molecule has 0 spiro atoms. The molecule has 146 valence electrons. The molecule has 1 aliphatic heterocycles. The maximum absolute atomic E-state index is 11.2. The van der Waals surface area contributed by atoms with Gasteiger partial charge in [-0.25, -0.2) is 0 Å². The summed E-state index contributed by atoms with van der Waals surface area (Å²) in [4.78, 5) is 17.8. The number of hydrogen-bond acceptors (Lipinski definition) is 3. The first-order valence-electron chi connectivity index (χ1n) is 9.01. The lowest BCUT2D eigenvalue weighted by molar-refractivity contribution is -0.119. The molecule has 2 rings (SSSR count). The van der Waals surface area contributed by atoms with Gasteiger partial charge in [-0.3, -0.25) is 9.79 Å². The molecule has 1 amide bonds. The summed E-state index contributed by atoms with van der Waals surface area (Å²) >= 11 is 0. The van der Waals surface area contributed by atoms with Crippen LogP contribution in [0, 0.1) is 5.92 Å². The van der Waals surface area contributed by atoms with Gasteiger partial charge in [0.15, 0.2) is 5.96 Å². The number of amides is 1. The molecule has 1 saturated heterocycles. The van der Waals surface area contributed by atoms with Crippen molar-refractivity contribution in [2.75, 3.05) is 26.7 Å². The first kappa shape index (κ1) is 22.7. The number of halogens is 1. The van der Waals surface area contributed by atoms with Gasteiger partial charge in [0.1, 0.15) is 0 Å². The van der Waals surface area contributed by atoms with Crippen LogP contribution in [0.2, 0.25) is 0 Å². The minimum atomic E-state index is -0.220. The summed E-state index contributed by atoms with van der Waals surface area (Å²) in [6.45, 7) is 5.89. The van der Waals surface area contributed by atoms with Crippen molar-refractivity contribution >= 4 is 35.8 Å². The SMILES string of the molecule is CCOCc1ccc(CNC(=NC)N2CCCC(CC(N)=O)C2)cc1.I. The van der Waals surface area contributed by atoms with E-state index in [1.807, 2.05) is 6.92 Å². The zero-order valence-electron chi connectivity index (χ0n) is 15.7. The van der Waals surface area contributed by atoms with Gasteiger partial charge in [-0.05, 0) is 36.8 Å². The van der Waals surface area contributed by atoms with Crippen molar-refractivity contribution in [2.24, 2.45) is 16.6 Å². The van der Waals surface area contributed by atoms with Crippen LogP contribution in [-0.4, -0.2) is 43.5 Å². The lowest BCUT2D eigenvalue weighted by Gasteiger charge is -2.34. The summed E-state index contributed by atoms with van der Waals surface area (Å²) in [7, 11) is 1.80. The zero-order chi connectivity index (χ0) is 18.1. The number of nitrogens with two attached hydrogens (primary N) is 1. The van der Waals surface area contributed by atoms with E-state index >= 15 is 0 Å². The van der Waals surface area contributed by atoms with Gasteiger partial charge in [0, 0.05) is 39.7 Å². The van der Waals surface area contributed by atoms with E-state index < -0.39 is 0 Å². The fourth-order valence-electron chi connectivity index (χ4n) is 3.20. The van der Waals surface area contributed by atoms with E-state index in [2.05, 4.69) is 39.5 Å². The molecule has 1 aliphatic rings. The second kappa shape index (κ2) is 12.1. The standard InChI is InChI=1S/C19H30N4O2.HI/c1-3-25-14-16-8-6-15(7-9-16)12-22-19(21-2)23-10-4-5-17(13-23)11-18(20)24;/h6-9,17H,3-5,10-14H2,1-2H3,(H2,20,24)(H,21,22);1H. The number of ether oxygens (including phenoxy) is 1. The normalized spacial score (nSPS) is 17.5. The third-order valence-electron chi connectivity index (χ3n) is 4.47.